The number of hydrogen-bond donors (Lipinski definition) is 0. The van der Waals surface area contributed by atoms with E-state index >= 15 is 0 Å². The van der Waals surface area contributed by atoms with Crippen LogP contribution in [0.3, 0.4) is 0 Å². The lowest BCUT2D eigenvalue weighted by atomic mass is 9.94. The molecule has 1 aliphatic carbocycles. The minimum absolute atomic E-state index is 0.235. The van der Waals surface area contributed by atoms with E-state index in [2.05, 4.69) is 4.99 Å². The molecular weight excluding hydrogens is 218 g/mol. The molecule has 0 saturated heterocycles. The third-order valence-electron chi connectivity index (χ3n) is 3.58. The van der Waals surface area contributed by atoms with Gasteiger partial charge in [0.1, 0.15) is 0 Å². The van der Waals surface area contributed by atoms with E-state index in [1.165, 1.54) is 0 Å². The molecule has 3 heteroatoms. The minimum atomic E-state index is -0.235. The highest BCUT2D eigenvalue weighted by atomic mass is 32.2. The molecule has 0 N–H and O–H groups in total. The maximum atomic E-state index is 12.5. The average Bonchev–Trinajstić information content (AvgIpc) is 2.97. The summed E-state index contributed by atoms with van der Waals surface area (Å²) in [6, 6.07) is 9.60. The summed E-state index contributed by atoms with van der Waals surface area (Å²) in [5.74, 6) is 0.742. The van der Waals surface area contributed by atoms with Gasteiger partial charge in [0, 0.05) is 12.1 Å². The summed E-state index contributed by atoms with van der Waals surface area (Å²) >= 11 is 1.63. The smallest absolute Gasteiger partial charge is 0.175 e. The molecule has 0 aromatic heterocycles. The van der Waals surface area contributed by atoms with Crippen molar-refractivity contribution in [1.82, 2.24) is 0 Å². The summed E-state index contributed by atoms with van der Waals surface area (Å²) in [7, 11) is 0. The Balaban J connectivity index is 1.96. The van der Waals surface area contributed by atoms with Gasteiger partial charge in [-0.1, -0.05) is 30.3 Å². The van der Waals surface area contributed by atoms with Gasteiger partial charge < -0.3 is 0 Å². The maximum Gasteiger partial charge on any atom is 0.175 e. The molecule has 0 bridgehead atoms. The predicted octanol–water partition coefficient (Wildman–Crippen LogP) is 2.65. The van der Waals surface area contributed by atoms with Gasteiger partial charge >= 0.3 is 0 Å². The van der Waals surface area contributed by atoms with Crippen molar-refractivity contribution in [1.29, 1.82) is 0 Å². The Hall–Kier alpha value is -1.09. The number of fused-ring (bicyclic) bond motifs is 1. The van der Waals surface area contributed by atoms with E-state index in [9.17, 15) is 4.79 Å². The van der Waals surface area contributed by atoms with Crippen LogP contribution in [0.4, 0.5) is 0 Å². The standard InChI is InChI=1S/C13H13NOS/c1-16-12-13(7-10(13)8-14-12)11(15)9-5-3-2-4-6-9/h2-6,10H,7-8H2,1H3/t10-,13-/m1/s1. The van der Waals surface area contributed by atoms with Gasteiger partial charge in [0.25, 0.3) is 0 Å². The number of benzene rings is 1. The summed E-state index contributed by atoms with van der Waals surface area (Å²) < 4.78 is 0. The van der Waals surface area contributed by atoms with Crippen molar-refractivity contribution < 1.29 is 4.79 Å². The van der Waals surface area contributed by atoms with Crippen LogP contribution in [0, 0.1) is 11.3 Å². The fraction of sp³-hybridized carbons (Fsp3) is 0.385. The Morgan fingerprint density at radius 1 is 1.44 bits per heavy atom. The van der Waals surface area contributed by atoms with Crippen molar-refractivity contribution in [2.75, 3.05) is 12.8 Å². The predicted molar refractivity (Wildman–Crippen MR) is 67.1 cm³/mol. The highest BCUT2D eigenvalue weighted by Crippen LogP contribution is 2.60. The zero-order valence-electron chi connectivity index (χ0n) is 9.14. The van der Waals surface area contributed by atoms with Gasteiger partial charge in [-0.3, -0.25) is 9.79 Å². The fourth-order valence-corrected chi connectivity index (χ4v) is 3.53. The van der Waals surface area contributed by atoms with Gasteiger partial charge in [-0.15, -0.1) is 11.8 Å². The first kappa shape index (κ1) is 10.1. The fourth-order valence-electron chi connectivity index (χ4n) is 2.62. The number of ketones is 1. The Kier molecular flexibility index (Phi) is 2.18. The van der Waals surface area contributed by atoms with Crippen molar-refractivity contribution in [3.8, 4) is 0 Å². The molecule has 2 atom stereocenters. The minimum Gasteiger partial charge on any atom is -0.293 e. The van der Waals surface area contributed by atoms with Gasteiger partial charge in [0.2, 0.25) is 0 Å². The topological polar surface area (TPSA) is 29.4 Å². The molecule has 82 valence electrons. The molecule has 1 heterocycles. The monoisotopic (exact) mass is 231 g/mol. The second-order valence-corrected chi connectivity index (χ2v) is 5.21. The van der Waals surface area contributed by atoms with E-state index in [4.69, 9.17) is 0 Å². The quantitative estimate of drug-likeness (QED) is 0.732. The van der Waals surface area contributed by atoms with E-state index in [0.29, 0.717) is 5.92 Å². The van der Waals surface area contributed by atoms with Crippen molar-refractivity contribution in [2.24, 2.45) is 16.3 Å². The molecule has 1 aliphatic heterocycles. The number of carbonyl (C=O) groups excluding carboxylic acids is 1. The number of rotatable bonds is 2. The molecule has 2 nitrogen and oxygen atoms in total. The van der Waals surface area contributed by atoms with E-state index in [0.717, 1.165) is 23.6 Å². The van der Waals surface area contributed by atoms with Crippen molar-refractivity contribution >= 4 is 22.6 Å². The summed E-state index contributed by atoms with van der Waals surface area (Å²) in [4.78, 5) is 16.9. The number of aliphatic imine (C=N–C) groups is 1. The van der Waals surface area contributed by atoms with E-state index in [-0.39, 0.29) is 11.2 Å². The largest absolute Gasteiger partial charge is 0.293 e. The van der Waals surface area contributed by atoms with Crippen molar-refractivity contribution in [3.05, 3.63) is 35.9 Å². The third-order valence-corrected chi connectivity index (χ3v) is 4.46. The number of Topliss-reactive ketones (excluding diaryl/α,β-unsaturated/α-hetero) is 1. The maximum absolute atomic E-state index is 12.5. The lowest BCUT2D eigenvalue weighted by Gasteiger charge is -2.12. The lowest BCUT2D eigenvalue weighted by Crippen LogP contribution is -2.23. The van der Waals surface area contributed by atoms with Gasteiger partial charge in [-0.2, -0.15) is 0 Å². The Bertz CT molecular complexity index is 468. The SMILES string of the molecule is CSC1=NC[C@H]2C[C@@]12C(=O)c1ccccc1. The molecule has 1 fully saturated rings. The van der Waals surface area contributed by atoms with E-state index in [1.54, 1.807) is 11.8 Å². The Morgan fingerprint density at radius 2 is 2.19 bits per heavy atom. The normalized spacial score (nSPS) is 30.8. The van der Waals surface area contributed by atoms with Gasteiger partial charge in [0.15, 0.2) is 5.78 Å². The van der Waals surface area contributed by atoms with Crippen molar-refractivity contribution in [2.45, 2.75) is 6.42 Å². The first-order valence-electron chi connectivity index (χ1n) is 5.48. The number of carbonyl (C=O) groups is 1. The average molecular weight is 231 g/mol. The van der Waals surface area contributed by atoms with Crippen LogP contribution in [0.2, 0.25) is 0 Å². The zero-order valence-corrected chi connectivity index (χ0v) is 9.96. The molecule has 1 aromatic rings. The van der Waals surface area contributed by atoms with Gasteiger partial charge in [-0.25, -0.2) is 0 Å². The molecular formula is C13H13NOS. The van der Waals surface area contributed by atoms with Crippen LogP contribution in [0.5, 0.6) is 0 Å². The highest BCUT2D eigenvalue weighted by Gasteiger charge is 2.65. The van der Waals surface area contributed by atoms with E-state index < -0.39 is 0 Å². The first-order valence-corrected chi connectivity index (χ1v) is 6.70. The molecule has 0 spiro atoms. The molecule has 1 saturated carbocycles. The molecule has 1 aromatic carbocycles. The second kappa shape index (κ2) is 3.45. The van der Waals surface area contributed by atoms with Crippen LogP contribution in [-0.4, -0.2) is 23.6 Å². The second-order valence-electron chi connectivity index (χ2n) is 4.42. The molecule has 3 rings (SSSR count). The summed E-state index contributed by atoms with van der Waals surface area (Å²) in [6.45, 7) is 0.842. The van der Waals surface area contributed by atoms with Crippen LogP contribution in [0.25, 0.3) is 0 Å². The molecule has 2 aliphatic rings. The Morgan fingerprint density at radius 3 is 2.81 bits per heavy atom. The van der Waals surface area contributed by atoms with Gasteiger partial charge in [-0.05, 0) is 18.6 Å². The van der Waals surface area contributed by atoms with Crippen LogP contribution >= 0.6 is 11.8 Å². The third kappa shape index (κ3) is 1.21. The van der Waals surface area contributed by atoms with Gasteiger partial charge in [0.05, 0.1) is 10.5 Å². The highest BCUT2D eigenvalue weighted by molar-refractivity contribution is 8.13. The number of thioether (sulfide) groups is 1. The Labute approximate surface area is 99.2 Å². The summed E-state index contributed by atoms with van der Waals surface area (Å²) in [5.41, 5.74) is 0.592. The molecule has 0 unspecified atom stereocenters. The summed E-state index contributed by atoms with van der Waals surface area (Å²) in [6.07, 6.45) is 3.01. The van der Waals surface area contributed by atoms with Crippen LogP contribution in [0.1, 0.15) is 16.8 Å². The van der Waals surface area contributed by atoms with Crippen LogP contribution in [0.15, 0.2) is 35.3 Å². The number of nitrogens with zero attached hydrogens (tertiary/aromatic N) is 1. The first-order chi connectivity index (χ1) is 7.79. The summed E-state index contributed by atoms with van der Waals surface area (Å²) in [5, 5.41) is 1.05. The molecule has 0 radical (unpaired) electrons. The molecule has 0 amide bonds. The van der Waals surface area contributed by atoms with Crippen LogP contribution < -0.4 is 0 Å². The van der Waals surface area contributed by atoms with Crippen molar-refractivity contribution in [3.63, 3.8) is 0 Å². The number of hydrogen-bond acceptors (Lipinski definition) is 3. The van der Waals surface area contributed by atoms with E-state index in [1.807, 2.05) is 36.6 Å². The molecule has 16 heavy (non-hydrogen) atoms. The zero-order chi connectivity index (χ0) is 11.2. The lowest BCUT2D eigenvalue weighted by molar-refractivity contribution is 0.0937. The van der Waals surface area contributed by atoms with Crippen LogP contribution in [-0.2, 0) is 0 Å².